The highest BCUT2D eigenvalue weighted by molar-refractivity contribution is 7.71. The number of nitrogens with zero attached hydrogens (tertiary/aromatic N) is 3. The minimum absolute atomic E-state index is 0.129. The number of hydrogen-bond acceptors (Lipinski definition) is 2. The number of aliphatic imine (C=N–C) groups is 1. The zero-order chi connectivity index (χ0) is 15.7. The van der Waals surface area contributed by atoms with Crippen molar-refractivity contribution in [1.29, 1.82) is 0 Å². The van der Waals surface area contributed by atoms with Crippen LogP contribution in [0.5, 0.6) is 0 Å². The van der Waals surface area contributed by atoms with Gasteiger partial charge in [0.2, 0.25) is 0 Å². The lowest BCUT2D eigenvalue weighted by Crippen LogP contribution is -2.26. The van der Waals surface area contributed by atoms with Crippen molar-refractivity contribution in [3.05, 3.63) is 29.7 Å². The van der Waals surface area contributed by atoms with Gasteiger partial charge < -0.3 is 4.57 Å². The molecule has 0 aromatic carbocycles. The Balaban J connectivity index is 3.89. The van der Waals surface area contributed by atoms with Crippen LogP contribution in [0, 0.1) is 4.77 Å². The number of hydrogen-bond donors (Lipinski definition) is 0. The van der Waals surface area contributed by atoms with Gasteiger partial charge in [-0.25, -0.2) is 4.99 Å². The van der Waals surface area contributed by atoms with Gasteiger partial charge >= 0.3 is 0 Å². The zero-order valence-electron chi connectivity index (χ0n) is 13.4. The van der Waals surface area contributed by atoms with E-state index in [1.54, 1.807) is 12.3 Å². The largest absolute Gasteiger partial charge is 0.310 e. The summed E-state index contributed by atoms with van der Waals surface area (Å²) >= 11 is 5.69. The van der Waals surface area contributed by atoms with Gasteiger partial charge in [-0.1, -0.05) is 19.2 Å². The molecule has 0 aliphatic rings. The van der Waals surface area contributed by atoms with Crippen LogP contribution in [0.3, 0.4) is 0 Å². The molecule has 1 aromatic rings. The Morgan fingerprint density at radius 1 is 1.00 bits per heavy atom. The molecule has 0 saturated carbocycles. The fourth-order valence-electron chi connectivity index (χ4n) is 2.19. The Morgan fingerprint density at radius 3 is 1.85 bits per heavy atom. The molecule has 0 aliphatic heterocycles. The van der Waals surface area contributed by atoms with Gasteiger partial charge in [0, 0.05) is 17.3 Å². The smallest absolute Gasteiger partial charge is 0.182 e. The Morgan fingerprint density at radius 2 is 1.50 bits per heavy atom. The summed E-state index contributed by atoms with van der Waals surface area (Å²) in [5.41, 5.74) is 0.657. The van der Waals surface area contributed by atoms with E-state index in [1.807, 2.05) is 6.08 Å². The van der Waals surface area contributed by atoms with Crippen molar-refractivity contribution in [3.63, 3.8) is 0 Å². The highest BCUT2D eigenvalue weighted by Crippen LogP contribution is 2.34. The van der Waals surface area contributed by atoms with Gasteiger partial charge in [0.15, 0.2) is 10.6 Å². The lowest BCUT2D eigenvalue weighted by molar-refractivity contribution is 0.353. The number of rotatable bonds is 3. The van der Waals surface area contributed by atoms with Crippen LogP contribution in [0.2, 0.25) is 0 Å². The van der Waals surface area contributed by atoms with Crippen molar-refractivity contribution in [2.75, 3.05) is 0 Å². The molecule has 0 fully saturated rings. The summed E-state index contributed by atoms with van der Waals surface area (Å²) in [6, 6.07) is 0. The predicted molar refractivity (Wildman–Crippen MR) is 91.7 cm³/mol. The molecule has 0 bridgehead atoms. The van der Waals surface area contributed by atoms with Crippen molar-refractivity contribution in [2.45, 2.75) is 52.6 Å². The topological polar surface area (TPSA) is 22.2 Å². The number of imidazole rings is 1. The molecular formula is C16H25N3S. The highest BCUT2D eigenvalue weighted by atomic mass is 32.1. The van der Waals surface area contributed by atoms with Crippen molar-refractivity contribution in [3.8, 4) is 0 Å². The first-order valence-electron chi connectivity index (χ1n) is 6.72. The van der Waals surface area contributed by atoms with Crippen LogP contribution < -0.4 is 0 Å². The summed E-state index contributed by atoms with van der Waals surface area (Å²) in [4.78, 5) is 4.52. The Hall–Kier alpha value is -1.42. The third-order valence-corrected chi connectivity index (χ3v) is 3.27. The van der Waals surface area contributed by atoms with E-state index in [9.17, 15) is 0 Å². The van der Waals surface area contributed by atoms with E-state index in [2.05, 4.69) is 68.8 Å². The second-order valence-electron chi connectivity index (χ2n) is 6.72. The number of aromatic nitrogens is 2. The minimum Gasteiger partial charge on any atom is -0.310 e. The van der Waals surface area contributed by atoms with Crippen molar-refractivity contribution >= 4 is 30.3 Å². The summed E-state index contributed by atoms with van der Waals surface area (Å²) in [7, 11) is 0. The van der Waals surface area contributed by atoms with Crippen LogP contribution in [0.4, 0.5) is 5.82 Å². The molecular weight excluding hydrogens is 266 g/mol. The fraction of sp³-hybridized carbons (Fsp3) is 0.500. The van der Waals surface area contributed by atoms with Crippen LogP contribution in [0.15, 0.2) is 24.2 Å². The lowest BCUT2D eigenvalue weighted by Gasteiger charge is -2.24. The van der Waals surface area contributed by atoms with Crippen molar-refractivity contribution in [2.24, 2.45) is 4.99 Å². The molecule has 0 saturated heterocycles. The first kappa shape index (κ1) is 16.6. The molecule has 4 heteroatoms. The molecule has 1 heterocycles. The highest BCUT2D eigenvalue weighted by Gasteiger charge is 2.28. The normalized spacial score (nSPS) is 12.9. The molecule has 0 spiro atoms. The molecule has 1 rings (SSSR count). The molecule has 0 N–H and O–H groups in total. The molecule has 20 heavy (non-hydrogen) atoms. The van der Waals surface area contributed by atoms with E-state index in [1.165, 1.54) is 0 Å². The SMILES string of the molecule is C=C/C=N\c1c(C=C)n(C(C)(C)C)c(=S)n1C(C)(C)C. The van der Waals surface area contributed by atoms with E-state index in [0.29, 0.717) is 0 Å². The van der Waals surface area contributed by atoms with Crippen LogP contribution in [-0.4, -0.2) is 15.3 Å². The van der Waals surface area contributed by atoms with Gasteiger partial charge in [-0.15, -0.1) is 0 Å². The van der Waals surface area contributed by atoms with Gasteiger partial charge in [0.25, 0.3) is 0 Å². The molecule has 3 nitrogen and oxygen atoms in total. The summed E-state index contributed by atoms with van der Waals surface area (Å²) in [6.07, 6.45) is 5.17. The van der Waals surface area contributed by atoms with Crippen LogP contribution >= 0.6 is 12.2 Å². The average molecular weight is 291 g/mol. The molecule has 1 aromatic heterocycles. The first-order valence-corrected chi connectivity index (χ1v) is 7.12. The zero-order valence-corrected chi connectivity index (χ0v) is 14.2. The van der Waals surface area contributed by atoms with E-state index in [0.717, 1.165) is 16.3 Å². The third kappa shape index (κ3) is 3.01. The summed E-state index contributed by atoms with van der Waals surface area (Å²) in [6.45, 7) is 20.4. The molecule has 0 atom stereocenters. The van der Waals surface area contributed by atoms with Gasteiger partial charge in [0.05, 0.1) is 5.69 Å². The van der Waals surface area contributed by atoms with Gasteiger partial charge in [-0.05, 0) is 59.8 Å². The van der Waals surface area contributed by atoms with Crippen LogP contribution in [0.25, 0.3) is 6.08 Å². The van der Waals surface area contributed by atoms with Gasteiger partial charge in [-0.3, -0.25) is 4.57 Å². The van der Waals surface area contributed by atoms with E-state index in [-0.39, 0.29) is 11.1 Å². The number of allylic oxidation sites excluding steroid dienone is 1. The Bertz CT molecular complexity index is 601. The summed E-state index contributed by atoms with van der Waals surface area (Å²) < 4.78 is 4.94. The average Bonchev–Trinajstić information content (AvgIpc) is 2.57. The van der Waals surface area contributed by atoms with E-state index >= 15 is 0 Å². The van der Waals surface area contributed by atoms with E-state index in [4.69, 9.17) is 12.2 Å². The van der Waals surface area contributed by atoms with E-state index < -0.39 is 0 Å². The second-order valence-corrected chi connectivity index (χ2v) is 7.09. The van der Waals surface area contributed by atoms with Gasteiger partial charge in [-0.2, -0.15) is 0 Å². The fourth-order valence-corrected chi connectivity index (χ4v) is 2.92. The Kier molecular flexibility index (Phi) is 4.59. The lowest BCUT2D eigenvalue weighted by atomic mass is 10.1. The maximum absolute atomic E-state index is 5.69. The maximum Gasteiger partial charge on any atom is 0.182 e. The summed E-state index contributed by atoms with van der Waals surface area (Å²) in [5.74, 6) is 0.826. The van der Waals surface area contributed by atoms with Crippen LogP contribution in [0.1, 0.15) is 47.2 Å². The van der Waals surface area contributed by atoms with Gasteiger partial charge in [0.1, 0.15) is 0 Å². The minimum atomic E-state index is -0.154. The molecule has 0 amide bonds. The Labute approximate surface area is 127 Å². The molecule has 0 unspecified atom stereocenters. The molecule has 110 valence electrons. The van der Waals surface area contributed by atoms with Crippen molar-refractivity contribution in [1.82, 2.24) is 9.13 Å². The quantitative estimate of drug-likeness (QED) is 0.563. The maximum atomic E-state index is 5.69. The molecule has 0 radical (unpaired) electrons. The monoisotopic (exact) mass is 291 g/mol. The third-order valence-electron chi connectivity index (χ3n) is 2.90. The second kappa shape index (κ2) is 5.52. The standard InChI is InChI=1S/C16H25N3S/c1-9-11-17-13-12(10-2)18(15(3,4)5)14(20)19(13)16(6,7)8/h9-11H,1-2H2,3-8H3/b17-11-. The first-order chi connectivity index (χ1) is 9.05. The van der Waals surface area contributed by atoms with Crippen LogP contribution in [-0.2, 0) is 11.1 Å². The summed E-state index contributed by atoms with van der Waals surface area (Å²) in [5, 5.41) is 0. The van der Waals surface area contributed by atoms with Crippen molar-refractivity contribution < 1.29 is 0 Å². The molecule has 0 aliphatic carbocycles. The predicted octanol–water partition coefficient (Wildman–Crippen LogP) is 5.06.